The number of aromatic nitrogens is 1. The van der Waals surface area contributed by atoms with E-state index in [0.717, 1.165) is 36.8 Å². The number of pyridine rings is 1. The van der Waals surface area contributed by atoms with Gasteiger partial charge in [0.1, 0.15) is 6.04 Å². The summed E-state index contributed by atoms with van der Waals surface area (Å²) in [4.78, 5) is 41.9. The van der Waals surface area contributed by atoms with Gasteiger partial charge in [0, 0.05) is 37.6 Å². The van der Waals surface area contributed by atoms with Gasteiger partial charge >= 0.3 is 6.09 Å². The molecule has 3 N–H and O–H groups in total. The molecule has 1 fully saturated rings. The number of benzene rings is 2. The Morgan fingerprint density at radius 1 is 1.00 bits per heavy atom. The van der Waals surface area contributed by atoms with Gasteiger partial charge in [-0.25, -0.2) is 13.6 Å². The number of carboxylic acid groups (broad SMARTS) is 1. The normalized spacial score (nSPS) is 17.5. The van der Waals surface area contributed by atoms with Crippen LogP contribution in [0.25, 0.3) is 22.4 Å². The molecule has 41 heavy (non-hydrogen) atoms. The molecule has 1 atom stereocenters. The van der Waals surface area contributed by atoms with Crippen molar-refractivity contribution in [1.82, 2.24) is 15.2 Å². The summed E-state index contributed by atoms with van der Waals surface area (Å²) in [6.45, 7) is 1.57. The molecule has 2 aromatic carbocycles. The van der Waals surface area contributed by atoms with E-state index in [1.807, 2.05) is 48.8 Å². The summed E-state index contributed by atoms with van der Waals surface area (Å²) in [6, 6.07) is 16.1. The van der Waals surface area contributed by atoms with Crippen molar-refractivity contribution in [3.8, 4) is 22.4 Å². The fourth-order valence-electron chi connectivity index (χ4n) is 5.34. The van der Waals surface area contributed by atoms with Crippen LogP contribution < -0.4 is 10.6 Å². The average molecular weight is 565 g/mol. The van der Waals surface area contributed by atoms with Crippen LogP contribution in [-0.4, -0.2) is 52.4 Å². The highest BCUT2D eigenvalue weighted by molar-refractivity contribution is 5.93. The Morgan fingerprint density at radius 3 is 2.24 bits per heavy atom. The third kappa shape index (κ3) is 7.65. The van der Waals surface area contributed by atoms with Crippen molar-refractivity contribution in [3.05, 3.63) is 72.4 Å². The van der Waals surface area contributed by atoms with Crippen LogP contribution in [0.3, 0.4) is 0 Å². The molecule has 3 amide bonds. The molecule has 216 valence electrons. The first-order chi connectivity index (χ1) is 19.6. The zero-order valence-electron chi connectivity index (χ0n) is 23.0. The van der Waals surface area contributed by atoms with Gasteiger partial charge in [-0.15, -0.1) is 0 Å². The summed E-state index contributed by atoms with van der Waals surface area (Å²) in [6.07, 6.45) is 1.04. The van der Waals surface area contributed by atoms with E-state index in [4.69, 9.17) is 5.11 Å². The van der Waals surface area contributed by atoms with E-state index >= 15 is 0 Å². The van der Waals surface area contributed by atoms with Crippen LogP contribution in [0.4, 0.5) is 19.3 Å². The standard InChI is InChI=1S/C31H34F2N4O4/c1-19(38)37(2)25-14-8-20(9-15-25)16-27(39)35-24-17-26(21-6-4-3-5-7-21)28(34-18-24)22-10-12-23(13-11-22)29(30(32)33)36-31(40)41/h3-7,10-13,17-18,20,25,29-30,36H,8-9,14-16H2,1-2H3,(H,35,39)(H,40,41). The molecule has 4 rings (SSSR count). The van der Waals surface area contributed by atoms with Crippen molar-refractivity contribution < 1.29 is 28.3 Å². The van der Waals surface area contributed by atoms with Gasteiger partial charge < -0.3 is 20.6 Å². The maximum Gasteiger partial charge on any atom is 0.405 e. The fourth-order valence-corrected chi connectivity index (χ4v) is 5.34. The molecule has 8 nitrogen and oxygen atoms in total. The average Bonchev–Trinajstić information content (AvgIpc) is 2.96. The van der Waals surface area contributed by atoms with Crippen molar-refractivity contribution in [1.29, 1.82) is 0 Å². The van der Waals surface area contributed by atoms with Gasteiger partial charge in [-0.3, -0.25) is 14.6 Å². The first-order valence-electron chi connectivity index (χ1n) is 13.6. The van der Waals surface area contributed by atoms with Crippen LogP contribution in [0.5, 0.6) is 0 Å². The van der Waals surface area contributed by atoms with E-state index in [-0.39, 0.29) is 29.3 Å². The van der Waals surface area contributed by atoms with E-state index in [1.54, 1.807) is 30.2 Å². The minimum atomic E-state index is -2.91. The third-order valence-corrected chi connectivity index (χ3v) is 7.67. The highest BCUT2D eigenvalue weighted by atomic mass is 19.3. The van der Waals surface area contributed by atoms with E-state index < -0.39 is 18.6 Å². The molecule has 0 aliphatic heterocycles. The van der Waals surface area contributed by atoms with Gasteiger partial charge in [-0.05, 0) is 48.8 Å². The molecule has 0 spiro atoms. The molecule has 3 aromatic rings. The molecule has 0 bridgehead atoms. The molecule has 1 aliphatic rings. The van der Waals surface area contributed by atoms with Crippen molar-refractivity contribution in [3.63, 3.8) is 0 Å². The largest absolute Gasteiger partial charge is 0.465 e. The van der Waals surface area contributed by atoms with Crippen LogP contribution in [0, 0.1) is 5.92 Å². The second-order valence-corrected chi connectivity index (χ2v) is 10.4. The highest BCUT2D eigenvalue weighted by Crippen LogP contribution is 2.34. The number of rotatable bonds is 9. The zero-order chi connectivity index (χ0) is 29.5. The predicted octanol–water partition coefficient (Wildman–Crippen LogP) is 6.36. The Kier molecular flexibility index (Phi) is 9.65. The molecule has 1 unspecified atom stereocenters. The first kappa shape index (κ1) is 29.6. The van der Waals surface area contributed by atoms with Crippen molar-refractivity contribution >= 4 is 23.6 Å². The van der Waals surface area contributed by atoms with Crippen molar-refractivity contribution in [2.45, 2.75) is 57.5 Å². The fraction of sp³-hybridized carbons (Fsp3) is 0.355. The highest BCUT2D eigenvalue weighted by Gasteiger charge is 2.27. The van der Waals surface area contributed by atoms with Gasteiger partial charge in [0.2, 0.25) is 11.8 Å². The maximum atomic E-state index is 13.4. The molecule has 1 aliphatic carbocycles. The lowest BCUT2D eigenvalue weighted by Crippen LogP contribution is -2.38. The maximum absolute atomic E-state index is 13.4. The topological polar surface area (TPSA) is 112 Å². The smallest absolute Gasteiger partial charge is 0.405 e. The lowest BCUT2D eigenvalue weighted by atomic mass is 9.83. The van der Waals surface area contributed by atoms with Crippen molar-refractivity contribution in [2.75, 3.05) is 12.4 Å². The molecular weight excluding hydrogens is 530 g/mol. The van der Waals surface area contributed by atoms with Crippen LogP contribution >= 0.6 is 0 Å². The number of nitrogens with one attached hydrogen (secondary N) is 2. The molecule has 1 aromatic heterocycles. The number of nitrogens with zero attached hydrogens (tertiary/aromatic N) is 2. The summed E-state index contributed by atoms with van der Waals surface area (Å²) in [5, 5.41) is 13.7. The number of hydrogen-bond donors (Lipinski definition) is 3. The number of halogens is 2. The first-order valence-corrected chi connectivity index (χ1v) is 13.6. The van der Waals surface area contributed by atoms with Gasteiger partial charge in [0.15, 0.2) is 0 Å². The number of alkyl halides is 2. The van der Waals surface area contributed by atoms with Crippen LogP contribution in [0.2, 0.25) is 0 Å². The van der Waals surface area contributed by atoms with E-state index in [0.29, 0.717) is 23.4 Å². The Balaban J connectivity index is 1.51. The number of amides is 3. The lowest BCUT2D eigenvalue weighted by Gasteiger charge is -2.34. The van der Waals surface area contributed by atoms with Crippen LogP contribution in [0.1, 0.15) is 50.6 Å². The molecule has 1 heterocycles. The second kappa shape index (κ2) is 13.3. The van der Waals surface area contributed by atoms with E-state index in [2.05, 4.69) is 10.3 Å². The summed E-state index contributed by atoms with van der Waals surface area (Å²) in [5.74, 6) is 0.203. The number of carbonyl (C=O) groups excluding carboxylic acids is 2. The minimum Gasteiger partial charge on any atom is -0.465 e. The van der Waals surface area contributed by atoms with Gasteiger partial charge in [0.25, 0.3) is 6.43 Å². The molecular formula is C31H34F2N4O4. The Hall–Kier alpha value is -4.34. The lowest BCUT2D eigenvalue weighted by molar-refractivity contribution is -0.130. The summed E-state index contributed by atoms with van der Waals surface area (Å²) >= 11 is 0. The molecule has 0 saturated heterocycles. The molecule has 1 saturated carbocycles. The van der Waals surface area contributed by atoms with E-state index in [9.17, 15) is 23.2 Å². The van der Waals surface area contributed by atoms with E-state index in [1.165, 1.54) is 12.1 Å². The Morgan fingerprint density at radius 2 is 1.66 bits per heavy atom. The number of hydrogen-bond acceptors (Lipinski definition) is 4. The monoisotopic (exact) mass is 564 g/mol. The predicted molar refractivity (Wildman–Crippen MR) is 152 cm³/mol. The van der Waals surface area contributed by atoms with Crippen molar-refractivity contribution in [2.24, 2.45) is 5.92 Å². The molecule has 10 heteroatoms. The van der Waals surface area contributed by atoms with Gasteiger partial charge in [-0.1, -0.05) is 54.6 Å². The quantitative estimate of drug-likeness (QED) is 0.280. The molecule has 0 radical (unpaired) electrons. The Bertz CT molecular complexity index is 1360. The Labute approximate surface area is 237 Å². The summed E-state index contributed by atoms with van der Waals surface area (Å²) in [7, 11) is 1.83. The zero-order valence-corrected chi connectivity index (χ0v) is 23.0. The van der Waals surface area contributed by atoms with Gasteiger partial charge in [0.05, 0.1) is 17.6 Å². The van der Waals surface area contributed by atoms with Crippen LogP contribution in [0.15, 0.2) is 66.9 Å². The third-order valence-electron chi connectivity index (χ3n) is 7.67. The minimum absolute atomic E-state index is 0.0554. The SMILES string of the molecule is CC(=O)N(C)C1CCC(CC(=O)Nc2cnc(-c3ccc(C(NC(=O)O)C(F)F)cc3)c(-c3ccccc3)c2)CC1. The number of carbonyl (C=O) groups is 3. The number of anilines is 1. The van der Waals surface area contributed by atoms with Crippen LogP contribution in [-0.2, 0) is 9.59 Å². The van der Waals surface area contributed by atoms with Gasteiger partial charge in [-0.2, -0.15) is 0 Å². The second-order valence-electron chi connectivity index (χ2n) is 10.4. The summed E-state index contributed by atoms with van der Waals surface area (Å²) < 4.78 is 26.9. The summed E-state index contributed by atoms with van der Waals surface area (Å²) in [5.41, 5.74) is 3.54.